The van der Waals surface area contributed by atoms with Gasteiger partial charge in [0.1, 0.15) is 12.4 Å². The third-order valence-corrected chi connectivity index (χ3v) is 3.11. The maximum Gasteiger partial charge on any atom is 0.247 e. The Balaban J connectivity index is 2.00. The molecule has 1 aliphatic heterocycles. The van der Waals surface area contributed by atoms with E-state index in [1.807, 2.05) is 25.2 Å². The Hall–Kier alpha value is -2.08. The number of hydrogen-bond acceptors (Lipinski definition) is 6. The van der Waals surface area contributed by atoms with Crippen LogP contribution in [0.1, 0.15) is 5.89 Å². The van der Waals surface area contributed by atoms with Crippen LogP contribution in [0.2, 0.25) is 0 Å². The molecule has 3 rings (SSSR count). The molecule has 0 spiro atoms. The summed E-state index contributed by atoms with van der Waals surface area (Å²) in [6.45, 7) is 3.04. The Labute approximate surface area is 111 Å². The van der Waals surface area contributed by atoms with Crippen LogP contribution in [0.3, 0.4) is 0 Å². The molecule has 2 aromatic rings. The van der Waals surface area contributed by atoms with Gasteiger partial charge in [0.25, 0.3) is 0 Å². The molecule has 1 atom stereocenters. The van der Waals surface area contributed by atoms with Gasteiger partial charge in [-0.15, -0.1) is 10.2 Å². The van der Waals surface area contributed by atoms with Gasteiger partial charge in [0.2, 0.25) is 11.8 Å². The first-order chi connectivity index (χ1) is 9.13. The molecule has 6 nitrogen and oxygen atoms in total. The fraction of sp³-hybridized carbons (Fsp3) is 0.385. The second kappa shape index (κ2) is 4.55. The van der Waals surface area contributed by atoms with Crippen molar-refractivity contribution in [3.8, 4) is 17.2 Å². The number of hydrogen-bond donors (Lipinski definition) is 1. The quantitative estimate of drug-likeness (QED) is 0.830. The Morgan fingerprint density at radius 2 is 2.21 bits per heavy atom. The summed E-state index contributed by atoms with van der Waals surface area (Å²) in [5.74, 6) is 1.84. The Morgan fingerprint density at radius 3 is 2.95 bits per heavy atom. The minimum atomic E-state index is 0.00602. The average Bonchev–Trinajstić information content (AvgIpc) is 2.76. The number of aromatic nitrogens is 2. The highest BCUT2D eigenvalue weighted by molar-refractivity contribution is 5.67. The van der Waals surface area contributed by atoms with Gasteiger partial charge in [-0.2, -0.15) is 0 Å². The van der Waals surface area contributed by atoms with Gasteiger partial charge in [0.15, 0.2) is 0 Å². The summed E-state index contributed by atoms with van der Waals surface area (Å²) in [4.78, 5) is 2.09. The van der Waals surface area contributed by atoms with Crippen molar-refractivity contribution in [2.45, 2.75) is 13.0 Å². The van der Waals surface area contributed by atoms with Crippen molar-refractivity contribution < 1.29 is 9.15 Å². The van der Waals surface area contributed by atoms with Crippen LogP contribution in [0.15, 0.2) is 22.6 Å². The van der Waals surface area contributed by atoms with Crippen LogP contribution in [0.5, 0.6) is 5.75 Å². The topological polar surface area (TPSA) is 77.4 Å². The molecule has 2 N–H and O–H groups in total. The summed E-state index contributed by atoms with van der Waals surface area (Å²) in [6, 6.07) is 5.85. The van der Waals surface area contributed by atoms with E-state index in [2.05, 4.69) is 15.1 Å². The maximum absolute atomic E-state index is 5.95. The molecule has 0 unspecified atom stereocenters. The molecule has 6 heteroatoms. The minimum absolute atomic E-state index is 0.00602. The van der Waals surface area contributed by atoms with Crippen LogP contribution >= 0.6 is 0 Å². The summed E-state index contributed by atoms with van der Waals surface area (Å²) < 4.78 is 11.2. The highest BCUT2D eigenvalue weighted by Gasteiger charge is 2.19. The molecule has 2 heterocycles. The highest BCUT2D eigenvalue weighted by atomic mass is 16.5. The van der Waals surface area contributed by atoms with E-state index in [0.29, 0.717) is 18.4 Å². The lowest BCUT2D eigenvalue weighted by Crippen LogP contribution is -2.37. The van der Waals surface area contributed by atoms with Crippen LogP contribution in [-0.4, -0.2) is 36.4 Å². The average molecular weight is 260 g/mol. The standard InChI is InChI=1S/C13H16N4O2/c1-8-15-16-13(19-8)9-3-4-11-12(5-9)18-7-10(14)6-17(11)2/h3-5,10H,6-7,14H2,1-2H3/t10-/m1/s1. The normalized spacial score (nSPS) is 18.7. The molecule has 0 bridgehead atoms. The van der Waals surface area contributed by atoms with Gasteiger partial charge in [0.05, 0.1) is 11.7 Å². The van der Waals surface area contributed by atoms with E-state index in [-0.39, 0.29) is 6.04 Å². The molecule has 0 aliphatic carbocycles. The molecule has 1 aromatic heterocycles. The van der Waals surface area contributed by atoms with E-state index in [1.165, 1.54) is 0 Å². The van der Waals surface area contributed by atoms with Crippen LogP contribution in [-0.2, 0) is 0 Å². The smallest absolute Gasteiger partial charge is 0.247 e. The van der Waals surface area contributed by atoms with Crippen molar-refractivity contribution in [1.29, 1.82) is 0 Å². The number of anilines is 1. The first kappa shape index (κ1) is 12.0. The maximum atomic E-state index is 5.95. The predicted octanol–water partition coefficient (Wildman–Crippen LogP) is 1.20. The van der Waals surface area contributed by atoms with Crippen molar-refractivity contribution in [3.05, 3.63) is 24.1 Å². The summed E-state index contributed by atoms with van der Waals surface area (Å²) in [7, 11) is 2.00. The Kier molecular flexibility index (Phi) is 2.87. The molecule has 1 aliphatic rings. The zero-order valence-electron chi connectivity index (χ0n) is 11.0. The third kappa shape index (κ3) is 2.26. The summed E-state index contributed by atoms with van der Waals surface area (Å²) in [5, 5.41) is 7.84. The Bertz CT molecular complexity index is 596. The number of rotatable bonds is 1. The lowest BCUT2D eigenvalue weighted by Gasteiger charge is -2.19. The van der Waals surface area contributed by atoms with E-state index in [1.54, 1.807) is 6.92 Å². The van der Waals surface area contributed by atoms with Gasteiger partial charge in [-0.3, -0.25) is 0 Å². The zero-order valence-corrected chi connectivity index (χ0v) is 11.0. The van der Waals surface area contributed by atoms with Gasteiger partial charge < -0.3 is 19.8 Å². The second-order valence-electron chi connectivity index (χ2n) is 4.76. The number of aryl methyl sites for hydroxylation is 1. The van der Waals surface area contributed by atoms with Crippen molar-refractivity contribution in [3.63, 3.8) is 0 Å². The molecule has 19 heavy (non-hydrogen) atoms. The fourth-order valence-corrected chi connectivity index (χ4v) is 2.19. The molecule has 0 saturated carbocycles. The first-order valence-electron chi connectivity index (χ1n) is 6.17. The summed E-state index contributed by atoms with van der Waals surface area (Å²) in [5.41, 5.74) is 7.82. The van der Waals surface area contributed by atoms with Gasteiger partial charge >= 0.3 is 0 Å². The monoisotopic (exact) mass is 260 g/mol. The number of nitrogens with zero attached hydrogens (tertiary/aromatic N) is 3. The number of likely N-dealkylation sites (N-methyl/N-ethyl adjacent to an activating group) is 1. The van der Waals surface area contributed by atoms with Crippen molar-refractivity contribution >= 4 is 5.69 Å². The van der Waals surface area contributed by atoms with E-state index in [9.17, 15) is 0 Å². The fourth-order valence-electron chi connectivity index (χ4n) is 2.19. The van der Waals surface area contributed by atoms with Gasteiger partial charge in [-0.05, 0) is 18.2 Å². The van der Waals surface area contributed by atoms with Crippen molar-refractivity contribution in [2.24, 2.45) is 5.73 Å². The van der Waals surface area contributed by atoms with Crippen molar-refractivity contribution in [1.82, 2.24) is 10.2 Å². The van der Waals surface area contributed by atoms with Crippen LogP contribution in [0.4, 0.5) is 5.69 Å². The number of nitrogens with two attached hydrogens (primary N) is 1. The SMILES string of the molecule is Cc1nnc(-c2ccc3c(c2)OC[C@H](N)CN3C)o1. The van der Waals surface area contributed by atoms with E-state index < -0.39 is 0 Å². The molecule has 0 saturated heterocycles. The molecule has 0 radical (unpaired) electrons. The molecular weight excluding hydrogens is 244 g/mol. The van der Waals surface area contributed by atoms with E-state index in [4.69, 9.17) is 14.9 Å². The number of ether oxygens (including phenoxy) is 1. The lowest BCUT2D eigenvalue weighted by molar-refractivity contribution is 0.300. The Morgan fingerprint density at radius 1 is 1.37 bits per heavy atom. The van der Waals surface area contributed by atoms with E-state index >= 15 is 0 Å². The molecule has 0 amide bonds. The minimum Gasteiger partial charge on any atom is -0.490 e. The van der Waals surface area contributed by atoms with Gasteiger partial charge in [-0.25, -0.2) is 0 Å². The zero-order chi connectivity index (χ0) is 13.4. The first-order valence-corrected chi connectivity index (χ1v) is 6.17. The predicted molar refractivity (Wildman–Crippen MR) is 71.2 cm³/mol. The highest BCUT2D eigenvalue weighted by Crippen LogP contribution is 2.33. The summed E-state index contributed by atoms with van der Waals surface area (Å²) in [6.07, 6.45) is 0. The second-order valence-corrected chi connectivity index (χ2v) is 4.76. The molecule has 100 valence electrons. The van der Waals surface area contributed by atoms with Gasteiger partial charge in [0, 0.05) is 26.1 Å². The third-order valence-electron chi connectivity index (χ3n) is 3.11. The lowest BCUT2D eigenvalue weighted by atomic mass is 10.1. The molecule has 0 fully saturated rings. The molecular formula is C13H16N4O2. The largest absolute Gasteiger partial charge is 0.490 e. The van der Waals surface area contributed by atoms with Crippen LogP contribution < -0.4 is 15.4 Å². The number of benzene rings is 1. The van der Waals surface area contributed by atoms with Gasteiger partial charge in [-0.1, -0.05) is 0 Å². The van der Waals surface area contributed by atoms with Crippen molar-refractivity contribution in [2.75, 3.05) is 25.1 Å². The van der Waals surface area contributed by atoms with Crippen LogP contribution in [0, 0.1) is 6.92 Å². The molecule has 1 aromatic carbocycles. The van der Waals surface area contributed by atoms with Crippen LogP contribution in [0.25, 0.3) is 11.5 Å². The van der Waals surface area contributed by atoms with E-state index in [0.717, 1.165) is 23.5 Å². The summed E-state index contributed by atoms with van der Waals surface area (Å²) >= 11 is 0. The number of fused-ring (bicyclic) bond motifs is 1.